The zero-order chi connectivity index (χ0) is 21.6. The summed E-state index contributed by atoms with van der Waals surface area (Å²) in [5.41, 5.74) is 3.14. The van der Waals surface area contributed by atoms with E-state index in [1.165, 1.54) is 0 Å². The van der Waals surface area contributed by atoms with Crippen molar-refractivity contribution in [1.82, 2.24) is 5.32 Å². The maximum atomic E-state index is 11.8. The van der Waals surface area contributed by atoms with Crippen LogP contribution in [-0.2, 0) is 11.3 Å². The number of nitrogens with one attached hydrogen (secondary N) is 1. The third-order valence-corrected chi connectivity index (χ3v) is 5.30. The Kier molecular flexibility index (Phi) is 10.9. The Morgan fingerprint density at radius 2 is 1.80 bits per heavy atom. The fourth-order valence-electron chi connectivity index (χ4n) is 3.20. The van der Waals surface area contributed by atoms with Gasteiger partial charge in [-0.15, -0.1) is 0 Å². The number of aliphatic hydroxyl groups excluding tert-OH is 2. The minimum absolute atomic E-state index is 0.0531. The quantitative estimate of drug-likeness (QED) is 0.323. The second kappa shape index (κ2) is 13.7. The highest BCUT2D eigenvalue weighted by Crippen LogP contribution is 2.16. The molecule has 3 N–H and O–H groups in total. The van der Waals surface area contributed by atoms with Crippen molar-refractivity contribution in [2.45, 2.75) is 25.4 Å². The van der Waals surface area contributed by atoms with Gasteiger partial charge >= 0.3 is 0 Å². The van der Waals surface area contributed by atoms with Gasteiger partial charge in [0.15, 0.2) is 6.20 Å². The summed E-state index contributed by atoms with van der Waals surface area (Å²) in [5.74, 6) is 0.135. The minimum atomic E-state index is 0.0531. The number of hydrogen-bond acceptors (Lipinski definition) is 4. The van der Waals surface area contributed by atoms with E-state index in [0.29, 0.717) is 19.5 Å². The first-order valence-corrected chi connectivity index (χ1v) is 12.1. The van der Waals surface area contributed by atoms with Crippen molar-refractivity contribution >= 4 is 34.0 Å². The number of carbonyl (C=O) groups is 1. The Labute approximate surface area is 182 Å². The molecule has 0 aliphatic carbocycles. The van der Waals surface area contributed by atoms with Crippen molar-refractivity contribution in [2.24, 2.45) is 0 Å². The molecule has 0 bridgehead atoms. The Morgan fingerprint density at radius 1 is 1.07 bits per heavy atom. The first-order chi connectivity index (χ1) is 14.7. The normalized spacial score (nSPS) is 11.1. The van der Waals surface area contributed by atoms with Gasteiger partial charge in [-0.05, 0) is 35.9 Å². The molecule has 0 spiro atoms. The van der Waals surface area contributed by atoms with E-state index in [0.717, 1.165) is 52.7 Å². The van der Waals surface area contributed by atoms with Gasteiger partial charge in [-0.1, -0.05) is 12.1 Å². The van der Waals surface area contributed by atoms with Gasteiger partial charge in [0, 0.05) is 66.6 Å². The predicted octanol–water partition coefficient (Wildman–Crippen LogP) is 0.616. The maximum absolute atomic E-state index is 11.8. The van der Waals surface area contributed by atoms with E-state index in [2.05, 4.69) is 28.1 Å². The molecule has 0 aliphatic heterocycles. The highest BCUT2D eigenvalue weighted by molar-refractivity contribution is 6.08. The fraction of sp³-hybridized carbons (Fsp3) is 0.391. The number of benzene rings is 1. The van der Waals surface area contributed by atoms with Gasteiger partial charge in [-0.25, -0.2) is 0 Å². The summed E-state index contributed by atoms with van der Waals surface area (Å²) in [6, 6.07) is 15.2. The Hall–Kier alpha value is -2.48. The van der Waals surface area contributed by atoms with Crippen LogP contribution in [0, 0.1) is 0 Å². The van der Waals surface area contributed by atoms with Crippen LogP contribution in [0.5, 0.6) is 0 Å². The summed E-state index contributed by atoms with van der Waals surface area (Å²) >= 11 is 0. The summed E-state index contributed by atoms with van der Waals surface area (Å²) in [6.07, 6.45) is 7.54. The van der Waals surface area contributed by atoms with Crippen LogP contribution in [0.1, 0.15) is 24.1 Å². The lowest BCUT2D eigenvalue weighted by Crippen LogP contribution is -2.37. The number of aliphatic hydroxyl groups is 2. The molecule has 2 rings (SSSR count). The lowest BCUT2D eigenvalue weighted by atomic mass is 10.1. The second-order valence-electron chi connectivity index (χ2n) is 7.13. The van der Waals surface area contributed by atoms with Crippen LogP contribution in [0.3, 0.4) is 0 Å². The molecular formula is C23H34N3O3Si+. The SMILES string of the molecule is O=C(CCC[n+]1ccccc1/C=C/c1ccc(N(CCO)CCO)cc1)NCC[SiH3]. The largest absolute Gasteiger partial charge is 0.395 e. The smallest absolute Gasteiger partial charge is 0.220 e. The molecule has 0 unspecified atom stereocenters. The molecule has 0 radical (unpaired) electrons. The number of aryl methyl sites for hydroxylation is 1. The molecule has 1 aromatic carbocycles. The van der Waals surface area contributed by atoms with E-state index in [1.54, 1.807) is 0 Å². The second-order valence-corrected chi connectivity index (χ2v) is 8.13. The molecule has 0 fully saturated rings. The van der Waals surface area contributed by atoms with Crippen molar-refractivity contribution in [1.29, 1.82) is 0 Å². The first kappa shape index (κ1) is 23.8. The van der Waals surface area contributed by atoms with Crippen molar-refractivity contribution in [3.8, 4) is 0 Å². The van der Waals surface area contributed by atoms with Gasteiger partial charge in [-0.3, -0.25) is 4.79 Å². The molecule has 7 heteroatoms. The average molecular weight is 429 g/mol. The zero-order valence-corrected chi connectivity index (χ0v) is 19.8. The molecule has 2 aromatic rings. The van der Waals surface area contributed by atoms with Gasteiger partial charge in [0.2, 0.25) is 11.6 Å². The number of anilines is 1. The third kappa shape index (κ3) is 8.10. The van der Waals surface area contributed by atoms with Crippen molar-refractivity contribution in [2.75, 3.05) is 37.7 Å². The summed E-state index contributed by atoms with van der Waals surface area (Å²) in [5, 5.41) is 21.3. The third-order valence-electron chi connectivity index (χ3n) is 4.80. The lowest BCUT2D eigenvalue weighted by molar-refractivity contribution is -0.698. The molecule has 6 nitrogen and oxygen atoms in total. The van der Waals surface area contributed by atoms with E-state index in [1.807, 2.05) is 47.5 Å². The van der Waals surface area contributed by atoms with Crippen LogP contribution in [-0.4, -0.2) is 59.2 Å². The number of carbonyl (C=O) groups excluding carboxylic acids is 1. The number of amides is 1. The lowest BCUT2D eigenvalue weighted by Gasteiger charge is -2.22. The van der Waals surface area contributed by atoms with Crippen LogP contribution in [0.25, 0.3) is 12.2 Å². The summed E-state index contributed by atoms with van der Waals surface area (Å²) in [6.45, 7) is 2.70. The molecule has 1 amide bonds. The number of nitrogens with zero attached hydrogens (tertiary/aromatic N) is 2. The van der Waals surface area contributed by atoms with Crippen LogP contribution in [0.2, 0.25) is 6.04 Å². The zero-order valence-electron chi connectivity index (χ0n) is 17.8. The van der Waals surface area contributed by atoms with Gasteiger partial charge < -0.3 is 20.4 Å². The average Bonchev–Trinajstić information content (AvgIpc) is 2.77. The predicted molar refractivity (Wildman–Crippen MR) is 125 cm³/mol. The van der Waals surface area contributed by atoms with Crippen LogP contribution in [0.4, 0.5) is 5.69 Å². The van der Waals surface area contributed by atoms with Gasteiger partial charge in [0.25, 0.3) is 0 Å². The number of pyridine rings is 1. The molecule has 0 saturated carbocycles. The fourth-order valence-corrected chi connectivity index (χ4v) is 3.45. The molecule has 1 heterocycles. The molecule has 30 heavy (non-hydrogen) atoms. The monoisotopic (exact) mass is 428 g/mol. The van der Waals surface area contributed by atoms with E-state index in [-0.39, 0.29) is 19.1 Å². The molecular weight excluding hydrogens is 394 g/mol. The van der Waals surface area contributed by atoms with Gasteiger partial charge in [-0.2, -0.15) is 4.57 Å². The topological polar surface area (TPSA) is 76.7 Å². The first-order valence-electron chi connectivity index (χ1n) is 10.7. The van der Waals surface area contributed by atoms with Crippen LogP contribution >= 0.6 is 0 Å². The molecule has 1 aromatic heterocycles. The van der Waals surface area contributed by atoms with E-state index >= 15 is 0 Å². The Balaban J connectivity index is 1.98. The molecule has 0 saturated heterocycles. The van der Waals surface area contributed by atoms with E-state index < -0.39 is 0 Å². The van der Waals surface area contributed by atoms with Crippen molar-refractivity contribution < 1.29 is 19.6 Å². The summed E-state index contributed by atoms with van der Waals surface area (Å²) in [7, 11) is 1.12. The van der Waals surface area contributed by atoms with E-state index in [9.17, 15) is 15.0 Å². The van der Waals surface area contributed by atoms with Gasteiger partial charge in [0.1, 0.15) is 6.54 Å². The maximum Gasteiger partial charge on any atom is 0.220 e. The summed E-state index contributed by atoms with van der Waals surface area (Å²) in [4.78, 5) is 13.8. The standard InChI is InChI=1S/C23H33N3O3Si/c27-17-15-26(16-18-28)22-10-7-20(8-11-22)6-9-21-4-1-2-13-25(21)14-3-5-23(29)24-12-19-30/h1-2,4,6-11,13,27-28H,3,5,12,14-19H2,30H3/p+1. The van der Waals surface area contributed by atoms with Crippen molar-refractivity contribution in [3.63, 3.8) is 0 Å². The summed E-state index contributed by atoms with van der Waals surface area (Å²) < 4.78 is 2.16. The van der Waals surface area contributed by atoms with Crippen molar-refractivity contribution in [3.05, 3.63) is 59.9 Å². The highest BCUT2D eigenvalue weighted by Gasteiger charge is 2.09. The number of aromatic nitrogens is 1. The minimum Gasteiger partial charge on any atom is -0.395 e. The van der Waals surface area contributed by atoms with Crippen LogP contribution in [0.15, 0.2) is 48.7 Å². The van der Waals surface area contributed by atoms with E-state index in [4.69, 9.17) is 0 Å². The Morgan fingerprint density at radius 3 is 2.47 bits per heavy atom. The Bertz CT molecular complexity index is 791. The molecule has 162 valence electrons. The van der Waals surface area contributed by atoms with Crippen LogP contribution < -0.4 is 14.8 Å². The molecule has 0 aliphatic rings. The number of rotatable bonds is 13. The molecule has 0 atom stereocenters. The number of hydrogen-bond donors (Lipinski definition) is 3. The highest BCUT2D eigenvalue weighted by atomic mass is 28.1. The van der Waals surface area contributed by atoms with Gasteiger partial charge in [0.05, 0.1) is 13.2 Å².